The third kappa shape index (κ3) is 3.54. The van der Waals surface area contributed by atoms with Crippen molar-refractivity contribution in [1.82, 2.24) is 9.97 Å². The summed E-state index contributed by atoms with van der Waals surface area (Å²) in [6.45, 7) is 3.97. The molecule has 1 aromatic carbocycles. The summed E-state index contributed by atoms with van der Waals surface area (Å²) in [5.74, 6) is 1.77. The van der Waals surface area contributed by atoms with E-state index in [1.165, 1.54) is 5.69 Å². The van der Waals surface area contributed by atoms with E-state index in [2.05, 4.69) is 56.2 Å². The number of hydrogen-bond acceptors (Lipinski definition) is 6. The first-order chi connectivity index (χ1) is 12.2. The molecule has 0 unspecified atom stereocenters. The van der Waals surface area contributed by atoms with Crippen molar-refractivity contribution in [2.45, 2.75) is 31.2 Å². The van der Waals surface area contributed by atoms with Crippen molar-refractivity contribution in [2.75, 3.05) is 41.7 Å². The van der Waals surface area contributed by atoms with Crippen LogP contribution in [0.25, 0.3) is 0 Å². The Kier molecular flexibility index (Phi) is 4.44. The highest BCUT2D eigenvalue weighted by molar-refractivity contribution is 5.49. The van der Waals surface area contributed by atoms with Gasteiger partial charge in [-0.1, -0.05) is 18.2 Å². The molecular weight excluding hydrogens is 312 g/mol. The summed E-state index contributed by atoms with van der Waals surface area (Å²) in [7, 11) is 0. The second kappa shape index (κ2) is 6.88. The van der Waals surface area contributed by atoms with Crippen molar-refractivity contribution in [3.8, 4) is 0 Å². The van der Waals surface area contributed by atoms with Crippen LogP contribution in [0, 0.1) is 0 Å². The molecule has 0 amide bonds. The van der Waals surface area contributed by atoms with Gasteiger partial charge in [0.2, 0.25) is 5.95 Å². The van der Waals surface area contributed by atoms with Crippen molar-refractivity contribution < 1.29 is 0 Å². The summed E-state index contributed by atoms with van der Waals surface area (Å²) in [5, 5.41) is 0. The molecule has 0 radical (unpaired) electrons. The number of nitrogens with zero attached hydrogens (tertiary/aromatic N) is 4. The molecule has 1 aliphatic carbocycles. The summed E-state index contributed by atoms with van der Waals surface area (Å²) in [4.78, 5) is 13.7. The third-order valence-electron chi connectivity index (χ3n) is 5.28. The maximum absolute atomic E-state index is 5.98. The first-order valence-corrected chi connectivity index (χ1v) is 9.14. The smallest absolute Gasteiger partial charge is 0.222 e. The minimum atomic E-state index is 0.308. The summed E-state index contributed by atoms with van der Waals surface area (Å²) < 4.78 is 0. The number of rotatable bonds is 3. The van der Waals surface area contributed by atoms with Crippen molar-refractivity contribution in [3.05, 3.63) is 42.1 Å². The van der Waals surface area contributed by atoms with E-state index in [-0.39, 0.29) is 0 Å². The molecular formula is C19H26N6. The molecule has 0 spiro atoms. The minimum Gasteiger partial charge on any atom is -0.370 e. The second-order valence-electron chi connectivity index (χ2n) is 7.10. The normalized spacial score (nSPS) is 23.9. The first kappa shape index (κ1) is 16.1. The quantitative estimate of drug-likeness (QED) is 0.890. The number of nitrogens with two attached hydrogens (primary N) is 2. The van der Waals surface area contributed by atoms with Gasteiger partial charge in [-0.25, -0.2) is 4.98 Å². The lowest BCUT2D eigenvalue weighted by atomic mass is 9.78. The fraction of sp³-hybridized carbons (Fsp3) is 0.474. The Hall–Kier alpha value is -2.34. The molecule has 4 N–H and O–H groups in total. The van der Waals surface area contributed by atoms with Crippen LogP contribution in [0.3, 0.4) is 0 Å². The summed E-state index contributed by atoms with van der Waals surface area (Å²) in [6, 6.07) is 13.0. The molecule has 1 saturated carbocycles. The molecule has 2 aliphatic rings. The lowest BCUT2D eigenvalue weighted by Gasteiger charge is -2.32. The van der Waals surface area contributed by atoms with Crippen LogP contribution >= 0.6 is 0 Å². The lowest BCUT2D eigenvalue weighted by molar-refractivity contribution is 0.345. The molecule has 2 heterocycles. The van der Waals surface area contributed by atoms with Crippen LogP contribution in [-0.2, 0) is 0 Å². The lowest BCUT2D eigenvalue weighted by Crippen LogP contribution is -2.35. The minimum absolute atomic E-state index is 0.308. The zero-order valence-electron chi connectivity index (χ0n) is 14.5. The van der Waals surface area contributed by atoms with Gasteiger partial charge in [0, 0.05) is 49.9 Å². The van der Waals surface area contributed by atoms with E-state index in [0.717, 1.165) is 57.0 Å². The Morgan fingerprint density at radius 1 is 0.920 bits per heavy atom. The van der Waals surface area contributed by atoms with E-state index < -0.39 is 0 Å². The Morgan fingerprint density at radius 2 is 1.64 bits per heavy atom. The summed E-state index contributed by atoms with van der Waals surface area (Å²) in [5.41, 5.74) is 14.2. The van der Waals surface area contributed by atoms with E-state index in [1.807, 2.05) is 0 Å². The molecule has 1 saturated heterocycles. The van der Waals surface area contributed by atoms with Gasteiger partial charge in [-0.15, -0.1) is 0 Å². The number of anilines is 3. The van der Waals surface area contributed by atoms with Crippen molar-refractivity contribution in [3.63, 3.8) is 0 Å². The van der Waals surface area contributed by atoms with Crippen molar-refractivity contribution in [1.29, 1.82) is 0 Å². The molecule has 132 valence electrons. The number of nitrogen functional groups attached to an aromatic ring is 1. The van der Waals surface area contributed by atoms with Gasteiger partial charge in [-0.3, -0.25) is 0 Å². The molecule has 25 heavy (non-hydrogen) atoms. The van der Waals surface area contributed by atoms with E-state index >= 15 is 0 Å². The van der Waals surface area contributed by atoms with E-state index in [4.69, 9.17) is 11.5 Å². The molecule has 0 atom stereocenters. The predicted molar refractivity (Wildman–Crippen MR) is 102 cm³/mol. The van der Waals surface area contributed by atoms with Gasteiger partial charge in [-0.05, 0) is 31.4 Å². The van der Waals surface area contributed by atoms with Gasteiger partial charge in [0.25, 0.3) is 0 Å². The highest BCUT2D eigenvalue weighted by Crippen LogP contribution is 2.36. The highest BCUT2D eigenvalue weighted by Gasteiger charge is 2.29. The standard InChI is InChI=1S/C19H26N6/c20-15-11-14(12-15)17-13-18(23-19(21)22-17)25-8-4-7-24(9-10-25)16-5-2-1-3-6-16/h1-3,5-6,13-15H,4,7-12,20H2,(H2,21,22,23). The van der Waals surface area contributed by atoms with Crippen LogP contribution in [0.1, 0.15) is 30.9 Å². The van der Waals surface area contributed by atoms with E-state index in [9.17, 15) is 0 Å². The fourth-order valence-corrected chi connectivity index (χ4v) is 3.79. The average molecular weight is 338 g/mol. The van der Waals surface area contributed by atoms with Crippen LogP contribution in [-0.4, -0.2) is 42.2 Å². The zero-order chi connectivity index (χ0) is 17.2. The van der Waals surface area contributed by atoms with E-state index in [0.29, 0.717) is 17.9 Å². The summed E-state index contributed by atoms with van der Waals surface area (Å²) in [6.07, 6.45) is 3.10. The van der Waals surface area contributed by atoms with Crippen LogP contribution in [0.15, 0.2) is 36.4 Å². The maximum atomic E-state index is 5.98. The van der Waals surface area contributed by atoms with Gasteiger partial charge in [0.05, 0.1) is 5.69 Å². The molecule has 6 nitrogen and oxygen atoms in total. The van der Waals surface area contributed by atoms with Gasteiger partial charge < -0.3 is 21.3 Å². The average Bonchev–Trinajstić information content (AvgIpc) is 2.85. The number of hydrogen-bond donors (Lipinski definition) is 2. The SMILES string of the molecule is Nc1nc(C2CC(N)C2)cc(N2CCCN(c3ccccc3)CC2)n1. The fourth-order valence-electron chi connectivity index (χ4n) is 3.79. The monoisotopic (exact) mass is 338 g/mol. The van der Waals surface area contributed by atoms with Gasteiger partial charge in [0.1, 0.15) is 5.82 Å². The molecule has 0 bridgehead atoms. The molecule has 6 heteroatoms. The molecule has 4 rings (SSSR count). The number of para-hydroxylation sites is 1. The van der Waals surface area contributed by atoms with Crippen LogP contribution < -0.4 is 21.3 Å². The number of aromatic nitrogens is 2. The van der Waals surface area contributed by atoms with E-state index in [1.54, 1.807) is 0 Å². The Morgan fingerprint density at radius 3 is 2.40 bits per heavy atom. The highest BCUT2D eigenvalue weighted by atomic mass is 15.3. The van der Waals surface area contributed by atoms with Crippen LogP contribution in [0.4, 0.5) is 17.5 Å². The van der Waals surface area contributed by atoms with Crippen LogP contribution in [0.2, 0.25) is 0 Å². The number of benzene rings is 1. The Balaban J connectivity index is 1.48. The van der Waals surface area contributed by atoms with Gasteiger partial charge in [-0.2, -0.15) is 4.98 Å². The molecule has 2 aromatic rings. The Labute approximate surface area is 148 Å². The third-order valence-corrected chi connectivity index (χ3v) is 5.28. The van der Waals surface area contributed by atoms with Crippen LogP contribution in [0.5, 0.6) is 0 Å². The van der Waals surface area contributed by atoms with Gasteiger partial charge in [0.15, 0.2) is 0 Å². The molecule has 1 aromatic heterocycles. The summed E-state index contributed by atoms with van der Waals surface area (Å²) >= 11 is 0. The molecule has 1 aliphatic heterocycles. The second-order valence-corrected chi connectivity index (χ2v) is 7.10. The largest absolute Gasteiger partial charge is 0.370 e. The maximum Gasteiger partial charge on any atom is 0.222 e. The van der Waals surface area contributed by atoms with Gasteiger partial charge >= 0.3 is 0 Å². The molecule has 2 fully saturated rings. The van der Waals surface area contributed by atoms with Crippen molar-refractivity contribution >= 4 is 17.5 Å². The zero-order valence-corrected chi connectivity index (χ0v) is 14.5. The first-order valence-electron chi connectivity index (χ1n) is 9.14. The van der Waals surface area contributed by atoms with Crippen molar-refractivity contribution in [2.24, 2.45) is 5.73 Å². The topological polar surface area (TPSA) is 84.3 Å². The predicted octanol–water partition coefficient (Wildman–Crippen LogP) is 1.98. The Bertz CT molecular complexity index is 713.